The number of alkyl carbamates (subject to hydrolysis) is 1. The average molecular weight is 455 g/mol. The van der Waals surface area contributed by atoms with E-state index in [4.69, 9.17) is 4.74 Å². The van der Waals surface area contributed by atoms with Gasteiger partial charge in [0.2, 0.25) is 5.91 Å². The van der Waals surface area contributed by atoms with E-state index in [9.17, 15) is 19.5 Å². The lowest BCUT2D eigenvalue weighted by molar-refractivity contribution is -0.142. The van der Waals surface area contributed by atoms with Gasteiger partial charge in [0.1, 0.15) is 18.7 Å². The second kappa shape index (κ2) is 11.5. The fourth-order valence-electron chi connectivity index (χ4n) is 3.26. The molecule has 0 saturated carbocycles. The van der Waals surface area contributed by atoms with Crippen molar-refractivity contribution in [1.82, 2.24) is 10.6 Å². The van der Waals surface area contributed by atoms with Crippen LogP contribution in [0, 0.1) is 5.92 Å². The van der Waals surface area contributed by atoms with Crippen LogP contribution in [0.25, 0.3) is 0 Å². The molecule has 0 saturated heterocycles. The van der Waals surface area contributed by atoms with Crippen molar-refractivity contribution in [1.29, 1.82) is 0 Å². The third kappa shape index (κ3) is 8.25. The molecular weight excluding hydrogens is 420 g/mol. The second-order valence-corrected chi connectivity index (χ2v) is 9.48. The molecule has 0 fully saturated rings. The summed E-state index contributed by atoms with van der Waals surface area (Å²) >= 11 is 0. The minimum absolute atomic E-state index is 0.00970. The number of amides is 2. The van der Waals surface area contributed by atoms with E-state index in [1.54, 1.807) is 13.8 Å². The smallest absolute Gasteiger partial charge is 0.408 e. The second-order valence-electron chi connectivity index (χ2n) is 9.48. The summed E-state index contributed by atoms with van der Waals surface area (Å²) in [6.45, 7) is 9.91. The highest BCUT2D eigenvalue weighted by atomic mass is 16.5. The molecule has 0 bridgehead atoms. The van der Waals surface area contributed by atoms with Gasteiger partial charge in [0, 0.05) is 6.42 Å². The van der Waals surface area contributed by atoms with Crippen LogP contribution in [0.5, 0.6) is 0 Å². The molecule has 33 heavy (non-hydrogen) atoms. The Kier molecular flexibility index (Phi) is 9.02. The quantitative estimate of drug-likeness (QED) is 0.530. The fourth-order valence-corrected chi connectivity index (χ4v) is 3.26. The molecule has 178 valence electrons. The molecule has 0 aliphatic carbocycles. The minimum atomic E-state index is -1.14. The number of benzene rings is 2. The predicted octanol–water partition coefficient (Wildman–Crippen LogP) is 4.05. The van der Waals surface area contributed by atoms with E-state index in [1.165, 1.54) is 0 Å². The van der Waals surface area contributed by atoms with Gasteiger partial charge in [-0.2, -0.15) is 0 Å². The summed E-state index contributed by atoms with van der Waals surface area (Å²) in [6.07, 6.45) is -0.605. The van der Waals surface area contributed by atoms with E-state index in [-0.39, 0.29) is 24.4 Å². The van der Waals surface area contributed by atoms with Crippen molar-refractivity contribution >= 4 is 18.0 Å². The van der Waals surface area contributed by atoms with E-state index in [1.807, 2.05) is 54.6 Å². The van der Waals surface area contributed by atoms with Gasteiger partial charge in [-0.1, -0.05) is 89.2 Å². The minimum Gasteiger partial charge on any atom is -0.480 e. The van der Waals surface area contributed by atoms with Gasteiger partial charge in [-0.25, -0.2) is 9.59 Å². The number of ether oxygens (including phenoxy) is 1. The van der Waals surface area contributed by atoms with Gasteiger partial charge in [-0.3, -0.25) is 4.79 Å². The molecule has 0 unspecified atom stereocenters. The lowest BCUT2D eigenvalue weighted by Crippen LogP contribution is -2.54. The summed E-state index contributed by atoms with van der Waals surface area (Å²) in [5.41, 5.74) is 2.75. The van der Waals surface area contributed by atoms with Crippen molar-refractivity contribution in [3.05, 3.63) is 71.3 Å². The number of carbonyl (C=O) groups excluding carboxylic acids is 2. The van der Waals surface area contributed by atoms with E-state index >= 15 is 0 Å². The summed E-state index contributed by atoms with van der Waals surface area (Å²) < 4.78 is 5.20. The molecule has 2 amide bonds. The van der Waals surface area contributed by atoms with Gasteiger partial charge in [-0.15, -0.1) is 0 Å². The van der Waals surface area contributed by atoms with Crippen LogP contribution in [-0.4, -0.2) is 35.2 Å². The van der Waals surface area contributed by atoms with Crippen LogP contribution < -0.4 is 10.6 Å². The number of aliphatic carboxylic acids is 1. The standard InChI is InChI=1S/C26H34N2O5/c1-17(2)22(28-25(32)33-16-19-9-7-6-8-10-19)23(29)27-21(24(30)31)15-18-11-13-20(14-12-18)26(3,4)5/h6-14,17,21-22H,15-16H2,1-5H3,(H,27,29)(H,28,32)(H,30,31)/t21-,22+/m1/s1. The van der Waals surface area contributed by atoms with Crippen molar-refractivity contribution in [2.24, 2.45) is 5.92 Å². The normalized spacial score (nSPS) is 13.2. The van der Waals surface area contributed by atoms with Gasteiger partial charge < -0.3 is 20.5 Å². The number of carbonyl (C=O) groups is 3. The Balaban J connectivity index is 2.00. The first kappa shape index (κ1) is 25.9. The number of nitrogens with one attached hydrogen (secondary N) is 2. The van der Waals surface area contributed by atoms with Crippen molar-refractivity contribution in [2.45, 2.75) is 65.1 Å². The highest BCUT2D eigenvalue weighted by Gasteiger charge is 2.29. The molecular formula is C26H34N2O5. The van der Waals surface area contributed by atoms with Crippen LogP contribution in [0.1, 0.15) is 51.3 Å². The summed E-state index contributed by atoms with van der Waals surface area (Å²) in [6, 6.07) is 14.8. The first-order chi connectivity index (χ1) is 15.5. The van der Waals surface area contributed by atoms with Crippen LogP contribution in [0.4, 0.5) is 4.79 Å². The molecule has 2 rings (SSSR count). The third-order valence-electron chi connectivity index (χ3n) is 5.31. The van der Waals surface area contributed by atoms with E-state index < -0.39 is 30.1 Å². The lowest BCUT2D eigenvalue weighted by Gasteiger charge is -2.24. The maximum absolute atomic E-state index is 12.8. The van der Waals surface area contributed by atoms with E-state index in [2.05, 4.69) is 31.4 Å². The van der Waals surface area contributed by atoms with Crippen LogP contribution in [0.15, 0.2) is 54.6 Å². The molecule has 0 aliphatic heterocycles. The summed E-state index contributed by atoms with van der Waals surface area (Å²) in [4.78, 5) is 36.9. The highest BCUT2D eigenvalue weighted by molar-refractivity contribution is 5.89. The average Bonchev–Trinajstić information content (AvgIpc) is 2.75. The van der Waals surface area contributed by atoms with Crippen LogP contribution in [0.3, 0.4) is 0 Å². The maximum atomic E-state index is 12.8. The van der Waals surface area contributed by atoms with Gasteiger partial charge in [0.25, 0.3) is 0 Å². The third-order valence-corrected chi connectivity index (χ3v) is 5.31. The molecule has 0 spiro atoms. The summed E-state index contributed by atoms with van der Waals surface area (Å²) in [7, 11) is 0. The first-order valence-corrected chi connectivity index (χ1v) is 11.1. The Morgan fingerprint density at radius 2 is 1.52 bits per heavy atom. The first-order valence-electron chi connectivity index (χ1n) is 11.1. The monoisotopic (exact) mass is 454 g/mol. The topological polar surface area (TPSA) is 105 Å². The summed E-state index contributed by atoms with van der Waals surface area (Å²) in [5, 5.41) is 14.8. The zero-order valence-corrected chi connectivity index (χ0v) is 19.9. The van der Waals surface area contributed by atoms with Crippen LogP contribution in [-0.2, 0) is 32.8 Å². The zero-order chi connectivity index (χ0) is 24.6. The Morgan fingerprint density at radius 3 is 2.03 bits per heavy atom. The van der Waals surface area contributed by atoms with E-state index in [0.29, 0.717) is 0 Å². The molecule has 0 heterocycles. The Bertz CT molecular complexity index is 933. The van der Waals surface area contributed by atoms with Crippen molar-refractivity contribution < 1.29 is 24.2 Å². The Labute approximate surface area is 195 Å². The maximum Gasteiger partial charge on any atom is 0.408 e. The number of rotatable bonds is 9. The zero-order valence-electron chi connectivity index (χ0n) is 19.9. The van der Waals surface area contributed by atoms with Crippen LogP contribution in [0.2, 0.25) is 0 Å². The number of hydrogen-bond donors (Lipinski definition) is 3. The number of carboxylic acid groups (broad SMARTS) is 1. The molecule has 2 atom stereocenters. The van der Waals surface area contributed by atoms with Gasteiger partial charge >= 0.3 is 12.1 Å². The summed E-state index contributed by atoms with van der Waals surface area (Å²) in [5.74, 6) is -1.98. The molecule has 0 radical (unpaired) electrons. The molecule has 0 aliphatic rings. The van der Waals surface area contributed by atoms with Crippen LogP contribution >= 0.6 is 0 Å². The molecule has 7 nitrogen and oxygen atoms in total. The molecule has 2 aromatic carbocycles. The highest BCUT2D eigenvalue weighted by Crippen LogP contribution is 2.22. The Morgan fingerprint density at radius 1 is 0.909 bits per heavy atom. The van der Waals surface area contributed by atoms with Crippen molar-refractivity contribution in [3.63, 3.8) is 0 Å². The molecule has 3 N–H and O–H groups in total. The van der Waals surface area contributed by atoms with E-state index in [0.717, 1.165) is 16.7 Å². The van der Waals surface area contributed by atoms with Gasteiger partial charge in [0.15, 0.2) is 0 Å². The van der Waals surface area contributed by atoms with Crippen molar-refractivity contribution in [2.75, 3.05) is 0 Å². The molecule has 7 heteroatoms. The molecule has 2 aromatic rings. The largest absolute Gasteiger partial charge is 0.480 e. The lowest BCUT2D eigenvalue weighted by atomic mass is 9.86. The van der Waals surface area contributed by atoms with Gasteiger partial charge in [-0.05, 0) is 28.0 Å². The predicted molar refractivity (Wildman–Crippen MR) is 127 cm³/mol. The number of carboxylic acids is 1. The SMILES string of the molecule is CC(C)[C@H](NC(=O)OCc1ccccc1)C(=O)N[C@H](Cc1ccc(C(C)(C)C)cc1)C(=O)O. The Hall–Kier alpha value is -3.35. The fraction of sp³-hybridized carbons (Fsp3) is 0.423. The van der Waals surface area contributed by atoms with Gasteiger partial charge in [0.05, 0.1) is 0 Å². The van der Waals surface area contributed by atoms with Crippen molar-refractivity contribution in [3.8, 4) is 0 Å². The number of hydrogen-bond acceptors (Lipinski definition) is 4. The molecule has 0 aromatic heterocycles.